The van der Waals surface area contributed by atoms with Gasteiger partial charge < -0.3 is 14.8 Å². The zero-order valence-corrected chi connectivity index (χ0v) is 17.0. The van der Waals surface area contributed by atoms with Gasteiger partial charge >= 0.3 is 6.18 Å². The van der Waals surface area contributed by atoms with Gasteiger partial charge in [0.25, 0.3) is 5.91 Å². The molecular weight excluding hydrogens is 407 g/mol. The molecule has 1 amide bonds. The SMILES string of the molecule is Cn1c(C(=O)NCCc2ccccc2)nc2c1CCN(c1ccc(C(F)(F)F)cn1)C2. The summed E-state index contributed by atoms with van der Waals surface area (Å²) >= 11 is 0. The lowest BCUT2D eigenvalue weighted by Gasteiger charge is -2.27. The van der Waals surface area contributed by atoms with Gasteiger partial charge in [0, 0.05) is 38.4 Å². The maximum absolute atomic E-state index is 12.8. The fourth-order valence-corrected chi connectivity index (χ4v) is 3.71. The van der Waals surface area contributed by atoms with Crippen molar-refractivity contribution in [3.63, 3.8) is 0 Å². The topological polar surface area (TPSA) is 63.1 Å². The van der Waals surface area contributed by atoms with Gasteiger partial charge in [-0.05, 0) is 24.1 Å². The van der Waals surface area contributed by atoms with Crippen LogP contribution in [0.5, 0.6) is 0 Å². The summed E-state index contributed by atoms with van der Waals surface area (Å²) in [7, 11) is 1.81. The molecule has 0 atom stereocenters. The van der Waals surface area contributed by atoms with Crippen LogP contribution >= 0.6 is 0 Å². The summed E-state index contributed by atoms with van der Waals surface area (Å²) in [4.78, 5) is 23.0. The number of anilines is 1. The van der Waals surface area contributed by atoms with Crippen LogP contribution in [0.25, 0.3) is 0 Å². The van der Waals surface area contributed by atoms with E-state index in [2.05, 4.69) is 15.3 Å². The van der Waals surface area contributed by atoms with Crippen molar-refractivity contribution in [2.24, 2.45) is 7.05 Å². The van der Waals surface area contributed by atoms with E-state index in [9.17, 15) is 18.0 Å². The number of imidazole rings is 1. The molecule has 1 aromatic carbocycles. The van der Waals surface area contributed by atoms with E-state index in [0.29, 0.717) is 37.7 Å². The standard InChI is InChI=1S/C22H22F3N5O/c1-29-18-10-12-30(19-8-7-16(13-27-19)22(23,24)25)14-17(18)28-20(29)21(31)26-11-9-15-5-3-2-4-6-15/h2-8,13H,9-12,14H2,1H3,(H,26,31). The number of carbonyl (C=O) groups is 1. The second kappa shape index (κ2) is 8.41. The smallest absolute Gasteiger partial charge is 0.350 e. The number of hydrogen-bond acceptors (Lipinski definition) is 4. The first-order valence-electron chi connectivity index (χ1n) is 9.97. The number of rotatable bonds is 5. The van der Waals surface area contributed by atoms with E-state index in [1.807, 2.05) is 42.3 Å². The van der Waals surface area contributed by atoms with Crippen molar-refractivity contribution < 1.29 is 18.0 Å². The highest BCUT2D eigenvalue weighted by Gasteiger charge is 2.31. The molecule has 31 heavy (non-hydrogen) atoms. The van der Waals surface area contributed by atoms with Gasteiger partial charge in [0.1, 0.15) is 5.82 Å². The van der Waals surface area contributed by atoms with Gasteiger partial charge in [0.05, 0.1) is 17.8 Å². The maximum Gasteiger partial charge on any atom is 0.417 e. The highest BCUT2D eigenvalue weighted by atomic mass is 19.4. The Bertz CT molecular complexity index is 1060. The lowest BCUT2D eigenvalue weighted by Crippen LogP contribution is -2.31. The van der Waals surface area contributed by atoms with Crippen molar-refractivity contribution in [1.29, 1.82) is 0 Å². The van der Waals surface area contributed by atoms with Crippen molar-refractivity contribution in [2.45, 2.75) is 25.6 Å². The molecule has 0 saturated heterocycles. The molecule has 0 unspecified atom stereocenters. The monoisotopic (exact) mass is 429 g/mol. The average Bonchev–Trinajstić information content (AvgIpc) is 3.10. The van der Waals surface area contributed by atoms with Crippen molar-refractivity contribution in [1.82, 2.24) is 19.9 Å². The van der Waals surface area contributed by atoms with Crippen LogP contribution in [0, 0.1) is 0 Å². The molecule has 1 N–H and O–H groups in total. The molecular formula is C22H22F3N5O. The van der Waals surface area contributed by atoms with E-state index in [-0.39, 0.29) is 5.91 Å². The van der Waals surface area contributed by atoms with Crippen LogP contribution in [-0.4, -0.2) is 33.5 Å². The third-order valence-electron chi connectivity index (χ3n) is 5.40. The Morgan fingerprint density at radius 3 is 2.61 bits per heavy atom. The molecule has 4 rings (SSSR count). The van der Waals surface area contributed by atoms with Crippen molar-refractivity contribution in [2.75, 3.05) is 18.0 Å². The van der Waals surface area contributed by atoms with Crippen LogP contribution in [0.15, 0.2) is 48.7 Å². The molecule has 0 saturated carbocycles. The number of aromatic nitrogens is 3. The van der Waals surface area contributed by atoms with Crippen molar-refractivity contribution >= 4 is 11.7 Å². The average molecular weight is 429 g/mol. The van der Waals surface area contributed by atoms with E-state index in [1.165, 1.54) is 6.07 Å². The van der Waals surface area contributed by atoms with Gasteiger partial charge in [0.15, 0.2) is 5.82 Å². The molecule has 3 aromatic rings. The first-order valence-corrected chi connectivity index (χ1v) is 9.97. The Morgan fingerprint density at radius 2 is 1.94 bits per heavy atom. The van der Waals surface area contributed by atoms with Gasteiger partial charge in [-0.2, -0.15) is 13.2 Å². The molecule has 0 spiro atoms. The summed E-state index contributed by atoms with van der Waals surface area (Å²) in [6, 6.07) is 12.3. The number of hydrogen-bond donors (Lipinski definition) is 1. The number of halogens is 3. The first kappa shape index (κ1) is 20.9. The fraction of sp³-hybridized carbons (Fsp3) is 0.318. The molecule has 1 aliphatic heterocycles. The predicted molar refractivity (Wildman–Crippen MR) is 110 cm³/mol. The first-order chi connectivity index (χ1) is 14.8. The third kappa shape index (κ3) is 4.55. The predicted octanol–water partition coefficient (Wildman–Crippen LogP) is 3.37. The van der Waals surface area contributed by atoms with Gasteiger partial charge in [-0.3, -0.25) is 4.79 Å². The van der Waals surface area contributed by atoms with Crippen LogP contribution in [0.3, 0.4) is 0 Å². The zero-order valence-electron chi connectivity index (χ0n) is 17.0. The van der Waals surface area contributed by atoms with E-state index < -0.39 is 11.7 Å². The summed E-state index contributed by atoms with van der Waals surface area (Å²) < 4.78 is 40.1. The van der Waals surface area contributed by atoms with Crippen LogP contribution in [0.4, 0.5) is 19.0 Å². The molecule has 9 heteroatoms. The Hall–Kier alpha value is -3.36. The second-order valence-electron chi connectivity index (χ2n) is 7.45. The number of amides is 1. The second-order valence-corrected chi connectivity index (χ2v) is 7.45. The van der Waals surface area contributed by atoms with Crippen molar-refractivity contribution in [3.05, 3.63) is 77.0 Å². The molecule has 0 fully saturated rings. The Kier molecular flexibility index (Phi) is 5.67. The van der Waals surface area contributed by atoms with Crippen LogP contribution in [-0.2, 0) is 32.6 Å². The molecule has 0 aliphatic carbocycles. The molecule has 0 bridgehead atoms. The number of fused-ring (bicyclic) bond motifs is 1. The van der Waals surface area contributed by atoms with Gasteiger partial charge in [-0.15, -0.1) is 0 Å². The number of nitrogens with zero attached hydrogens (tertiary/aromatic N) is 4. The summed E-state index contributed by atoms with van der Waals surface area (Å²) in [6.45, 7) is 1.47. The number of alkyl halides is 3. The normalized spacial score (nSPS) is 13.7. The number of pyridine rings is 1. The number of carbonyl (C=O) groups excluding carboxylic acids is 1. The molecule has 1 aliphatic rings. The number of benzene rings is 1. The summed E-state index contributed by atoms with van der Waals surface area (Å²) in [5, 5.41) is 2.91. The van der Waals surface area contributed by atoms with Gasteiger partial charge in [-0.1, -0.05) is 30.3 Å². The molecule has 3 heterocycles. The summed E-state index contributed by atoms with van der Waals surface area (Å²) in [5.74, 6) is 0.547. The number of nitrogens with one attached hydrogen (secondary N) is 1. The Morgan fingerprint density at radius 1 is 1.16 bits per heavy atom. The highest BCUT2D eigenvalue weighted by molar-refractivity contribution is 5.91. The lowest BCUT2D eigenvalue weighted by atomic mass is 10.1. The molecule has 2 aromatic heterocycles. The van der Waals surface area contributed by atoms with E-state index >= 15 is 0 Å². The van der Waals surface area contributed by atoms with Gasteiger partial charge in [0.2, 0.25) is 0 Å². The lowest BCUT2D eigenvalue weighted by molar-refractivity contribution is -0.137. The molecule has 162 valence electrons. The quantitative estimate of drug-likeness (QED) is 0.676. The Balaban J connectivity index is 1.42. The largest absolute Gasteiger partial charge is 0.417 e. The minimum Gasteiger partial charge on any atom is -0.350 e. The Labute approximate surface area is 177 Å². The minimum atomic E-state index is -4.41. The molecule has 0 radical (unpaired) electrons. The van der Waals surface area contributed by atoms with Crippen molar-refractivity contribution in [3.8, 4) is 0 Å². The van der Waals surface area contributed by atoms with E-state index in [0.717, 1.165) is 35.6 Å². The summed E-state index contributed by atoms with van der Waals surface area (Å²) in [6.07, 6.45) is -2.22. The minimum absolute atomic E-state index is 0.243. The van der Waals surface area contributed by atoms with E-state index in [1.54, 1.807) is 4.57 Å². The van der Waals surface area contributed by atoms with Crippen LogP contribution in [0.1, 0.15) is 33.1 Å². The van der Waals surface area contributed by atoms with E-state index in [4.69, 9.17) is 0 Å². The third-order valence-corrected chi connectivity index (χ3v) is 5.40. The van der Waals surface area contributed by atoms with Crippen LogP contribution < -0.4 is 10.2 Å². The maximum atomic E-state index is 12.8. The highest BCUT2D eigenvalue weighted by Crippen LogP contribution is 2.30. The molecule has 6 nitrogen and oxygen atoms in total. The van der Waals surface area contributed by atoms with Crippen LogP contribution in [0.2, 0.25) is 0 Å². The zero-order chi connectivity index (χ0) is 22.0. The van der Waals surface area contributed by atoms with Gasteiger partial charge in [-0.25, -0.2) is 9.97 Å². The summed E-state index contributed by atoms with van der Waals surface area (Å²) in [5.41, 5.74) is 2.06. The fourth-order valence-electron chi connectivity index (χ4n) is 3.71.